The molecule has 0 radical (unpaired) electrons. The fourth-order valence-corrected chi connectivity index (χ4v) is 3.02. The van der Waals surface area contributed by atoms with Crippen LogP contribution >= 0.6 is 0 Å². The molecule has 1 N–H and O–H groups in total. The molecule has 2 aromatic carbocycles. The van der Waals surface area contributed by atoms with Crippen LogP contribution in [0, 0.1) is 10.1 Å². The van der Waals surface area contributed by atoms with Gasteiger partial charge in [0.1, 0.15) is 6.54 Å². The summed E-state index contributed by atoms with van der Waals surface area (Å²) < 4.78 is 0. The van der Waals surface area contributed by atoms with Crippen LogP contribution in [0.2, 0.25) is 0 Å². The molecule has 1 aliphatic rings. The Morgan fingerprint density at radius 1 is 1.08 bits per heavy atom. The monoisotopic (exact) mass is 326 g/mol. The molecule has 24 heavy (non-hydrogen) atoms. The van der Waals surface area contributed by atoms with Crippen LogP contribution in [0.25, 0.3) is 0 Å². The fraction of sp³-hybridized carbons (Fsp3) is 0.278. The third kappa shape index (κ3) is 3.78. The van der Waals surface area contributed by atoms with Crippen LogP contribution in [0.3, 0.4) is 0 Å². The molecule has 124 valence electrons. The average molecular weight is 326 g/mol. The van der Waals surface area contributed by atoms with E-state index in [0.717, 1.165) is 19.6 Å². The smallest absolute Gasteiger partial charge is 0.270 e. The maximum absolute atomic E-state index is 12.5. The van der Waals surface area contributed by atoms with Gasteiger partial charge in [-0.05, 0) is 6.07 Å². The Morgan fingerprint density at radius 3 is 2.46 bits per heavy atom. The highest BCUT2D eigenvalue weighted by Gasteiger charge is 2.25. The number of carbonyl (C=O) groups is 1. The Morgan fingerprint density at radius 2 is 1.79 bits per heavy atom. The van der Waals surface area contributed by atoms with Crippen LogP contribution in [0.15, 0.2) is 54.6 Å². The first kappa shape index (κ1) is 16.1. The molecule has 0 aliphatic carbocycles. The minimum atomic E-state index is -0.473. The zero-order chi connectivity index (χ0) is 16.9. The molecule has 1 amide bonds. The first-order valence-electron chi connectivity index (χ1n) is 8.05. The van der Waals surface area contributed by atoms with Gasteiger partial charge in [0.25, 0.3) is 11.6 Å². The molecule has 1 heterocycles. The van der Waals surface area contributed by atoms with Gasteiger partial charge in [0.2, 0.25) is 0 Å². The molecule has 6 nitrogen and oxygen atoms in total. The van der Waals surface area contributed by atoms with Gasteiger partial charge in [-0.15, -0.1) is 0 Å². The van der Waals surface area contributed by atoms with Gasteiger partial charge in [0.15, 0.2) is 0 Å². The lowest BCUT2D eigenvalue weighted by Crippen LogP contribution is -3.13. The SMILES string of the molecule is O=C(c1cccc([N+](=O)[O-])c1)N1CC[NH+](Cc2ccccc2)CC1. The lowest BCUT2D eigenvalue weighted by Gasteiger charge is -2.32. The first-order valence-corrected chi connectivity index (χ1v) is 8.05. The summed E-state index contributed by atoms with van der Waals surface area (Å²) in [6, 6.07) is 16.3. The van der Waals surface area contributed by atoms with Crippen molar-refractivity contribution >= 4 is 11.6 Å². The number of carbonyl (C=O) groups excluding carboxylic acids is 1. The molecule has 1 aliphatic heterocycles. The fourth-order valence-electron chi connectivity index (χ4n) is 3.02. The number of rotatable bonds is 4. The summed E-state index contributed by atoms with van der Waals surface area (Å²) >= 11 is 0. The van der Waals surface area contributed by atoms with Crippen LogP contribution in [0.5, 0.6) is 0 Å². The van der Waals surface area contributed by atoms with Crippen molar-refractivity contribution < 1.29 is 14.6 Å². The number of nitro benzene ring substituents is 1. The summed E-state index contributed by atoms with van der Waals surface area (Å²) in [5.74, 6) is -0.127. The molecule has 0 unspecified atom stereocenters. The van der Waals surface area contributed by atoms with E-state index >= 15 is 0 Å². The highest BCUT2D eigenvalue weighted by molar-refractivity contribution is 5.94. The van der Waals surface area contributed by atoms with E-state index in [1.807, 2.05) is 18.2 Å². The molecule has 1 fully saturated rings. The number of nitrogens with zero attached hydrogens (tertiary/aromatic N) is 2. The second-order valence-corrected chi connectivity index (χ2v) is 6.01. The number of hydrogen-bond donors (Lipinski definition) is 1. The summed E-state index contributed by atoms with van der Waals surface area (Å²) in [7, 11) is 0. The molecule has 0 bridgehead atoms. The molecule has 2 aromatic rings. The molecule has 1 saturated heterocycles. The molecular formula is C18H20N3O3+. The third-order valence-corrected chi connectivity index (χ3v) is 4.36. The predicted octanol–water partition coefficient (Wildman–Crippen LogP) is 1.14. The second-order valence-electron chi connectivity index (χ2n) is 6.01. The number of nitrogens with one attached hydrogen (secondary N) is 1. The number of nitro groups is 1. The van der Waals surface area contributed by atoms with Crippen LogP contribution in [-0.2, 0) is 6.54 Å². The Kier molecular flexibility index (Phi) is 4.86. The maximum Gasteiger partial charge on any atom is 0.270 e. The number of hydrogen-bond acceptors (Lipinski definition) is 3. The van der Waals surface area contributed by atoms with Crippen molar-refractivity contribution in [2.45, 2.75) is 6.54 Å². The second kappa shape index (κ2) is 7.23. The zero-order valence-corrected chi connectivity index (χ0v) is 13.4. The third-order valence-electron chi connectivity index (χ3n) is 4.36. The number of benzene rings is 2. The van der Waals surface area contributed by atoms with E-state index in [2.05, 4.69) is 12.1 Å². The van der Waals surface area contributed by atoms with Crippen LogP contribution in [0.1, 0.15) is 15.9 Å². The Hall–Kier alpha value is -2.73. The van der Waals surface area contributed by atoms with E-state index in [-0.39, 0.29) is 11.6 Å². The van der Waals surface area contributed by atoms with Crippen molar-refractivity contribution in [3.63, 3.8) is 0 Å². The number of piperazine rings is 1. The summed E-state index contributed by atoms with van der Waals surface area (Å²) in [6.45, 7) is 4.07. The lowest BCUT2D eigenvalue weighted by atomic mass is 10.1. The Balaban J connectivity index is 1.59. The highest BCUT2D eigenvalue weighted by Crippen LogP contribution is 2.15. The van der Waals surface area contributed by atoms with Crippen molar-refractivity contribution in [2.75, 3.05) is 26.2 Å². The van der Waals surface area contributed by atoms with Gasteiger partial charge in [-0.3, -0.25) is 14.9 Å². The maximum atomic E-state index is 12.5. The van der Waals surface area contributed by atoms with E-state index in [1.165, 1.54) is 22.6 Å². The molecular weight excluding hydrogens is 306 g/mol. The van der Waals surface area contributed by atoms with Crippen molar-refractivity contribution in [1.82, 2.24) is 4.90 Å². The Labute approximate surface area is 140 Å². The van der Waals surface area contributed by atoms with E-state index in [9.17, 15) is 14.9 Å². The van der Waals surface area contributed by atoms with E-state index in [4.69, 9.17) is 0 Å². The minimum Gasteiger partial charge on any atom is -0.328 e. The van der Waals surface area contributed by atoms with E-state index in [1.54, 1.807) is 17.0 Å². The van der Waals surface area contributed by atoms with Gasteiger partial charge >= 0.3 is 0 Å². The summed E-state index contributed by atoms with van der Waals surface area (Å²) in [5, 5.41) is 10.8. The molecule has 0 atom stereocenters. The van der Waals surface area contributed by atoms with Crippen LogP contribution in [0.4, 0.5) is 5.69 Å². The van der Waals surface area contributed by atoms with Crippen molar-refractivity contribution in [2.24, 2.45) is 0 Å². The van der Waals surface area contributed by atoms with Gasteiger partial charge < -0.3 is 9.80 Å². The molecule has 0 saturated carbocycles. The number of quaternary nitrogens is 1. The van der Waals surface area contributed by atoms with Gasteiger partial charge in [0.05, 0.1) is 31.1 Å². The van der Waals surface area contributed by atoms with E-state index in [0.29, 0.717) is 18.7 Å². The van der Waals surface area contributed by atoms with E-state index < -0.39 is 4.92 Å². The quantitative estimate of drug-likeness (QED) is 0.677. The van der Waals surface area contributed by atoms with Crippen LogP contribution in [-0.4, -0.2) is 41.9 Å². The van der Waals surface area contributed by atoms with Crippen LogP contribution < -0.4 is 4.90 Å². The summed E-state index contributed by atoms with van der Waals surface area (Å²) in [6.07, 6.45) is 0. The van der Waals surface area contributed by atoms with Crippen molar-refractivity contribution in [3.05, 3.63) is 75.8 Å². The number of non-ortho nitro benzene ring substituents is 1. The topological polar surface area (TPSA) is 67.9 Å². The standard InChI is InChI=1S/C18H19N3O3/c22-18(16-7-4-8-17(13-16)21(23)24)20-11-9-19(10-12-20)14-15-5-2-1-3-6-15/h1-8,13H,9-12,14H2/p+1. The first-order chi connectivity index (χ1) is 11.6. The minimum absolute atomic E-state index is 0.0470. The largest absolute Gasteiger partial charge is 0.328 e. The van der Waals surface area contributed by atoms with Gasteiger partial charge in [0, 0.05) is 23.3 Å². The average Bonchev–Trinajstić information content (AvgIpc) is 2.63. The Bertz CT molecular complexity index is 725. The molecule has 0 spiro atoms. The highest BCUT2D eigenvalue weighted by atomic mass is 16.6. The molecule has 3 rings (SSSR count). The normalized spacial score (nSPS) is 15.2. The predicted molar refractivity (Wildman–Crippen MR) is 89.8 cm³/mol. The number of amides is 1. The van der Waals surface area contributed by atoms with Gasteiger partial charge in [-0.1, -0.05) is 36.4 Å². The van der Waals surface area contributed by atoms with Crippen molar-refractivity contribution in [1.29, 1.82) is 0 Å². The molecule has 0 aromatic heterocycles. The zero-order valence-electron chi connectivity index (χ0n) is 13.4. The van der Waals surface area contributed by atoms with Crippen molar-refractivity contribution in [3.8, 4) is 0 Å². The summed E-state index contributed by atoms with van der Waals surface area (Å²) in [4.78, 5) is 26.1. The van der Waals surface area contributed by atoms with Gasteiger partial charge in [-0.25, -0.2) is 0 Å². The summed E-state index contributed by atoms with van der Waals surface area (Å²) in [5.41, 5.74) is 1.64. The molecule has 6 heteroatoms. The lowest BCUT2D eigenvalue weighted by molar-refractivity contribution is -0.917. The van der Waals surface area contributed by atoms with Gasteiger partial charge in [-0.2, -0.15) is 0 Å².